The number of hydrogen-bond donors (Lipinski definition) is 1. The van der Waals surface area contributed by atoms with Crippen molar-refractivity contribution in [1.82, 2.24) is 5.32 Å². The van der Waals surface area contributed by atoms with Crippen LogP contribution in [0.25, 0.3) is 0 Å². The molecule has 3 rings (SSSR count). The van der Waals surface area contributed by atoms with Gasteiger partial charge in [0.25, 0.3) is 0 Å². The molecule has 1 heterocycles. The Morgan fingerprint density at radius 2 is 1.97 bits per heavy atom. The molecule has 160 valence electrons. The number of anilines is 1. The lowest BCUT2D eigenvalue weighted by atomic mass is 9.86. The molecular formula is C24H30N2O3S. The van der Waals surface area contributed by atoms with Gasteiger partial charge in [-0.1, -0.05) is 52.0 Å². The van der Waals surface area contributed by atoms with Crippen molar-refractivity contribution >= 4 is 29.3 Å². The summed E-state index contributed by atoms with van der Waals surface area (Å²) in [6.45, 7) is 8.73. The number of methoxy groups -OCH3 is 1. The van der Waals surface area contributed by atoms with Gasteiger partial charge in [-0.15, -0.1) is 11.8 Å². The highest BCUT2D eigenvalue weighted by molar-refractivity contribution is 8.00. The molecule has 2 aromatic carbocycles. The second kappa shape index (κ2) is 9.13. The summed E-state index contributed by atoms with van der Waals surface area (Å²) in [6.07, 6.45) is 0.535. The van der Waals surface area contributed by atoms with Gasteiger partial charge < -0.3 is 10.1 Å². The second-order valence-electron chi connectivity index (χ2n) is 8.44. The minimum atomic E-state index is -0.554. The van der Waals surface area contributed by atoms with E-state index >= 15 is 0 Å². The number of thioether (sulfide) groups is 1. The lowest BCUT2D eigenvalue weighted by Crippen LogP contribution is -2.51. The van der Waals surface area contributed by atoms with Gasteiger partial charge in [0.05, 0.1) is 18.6 Å². The van der Waals surface area contributed by atoms with Crippen molar-refractivity contribution in [3.8, 4) is 5.75 Å². The first-order valence-electron chi connectivity index (χ1n) is 10.2. The fraction of sp³-hybridized carbons (Fsp3) is 0.417. The van der Waals surface area contributed by atoms with E-state index in [1.807, 2.05) is 31.2 Å². The van der Waals surface area contributed by atoms with Crippen LogP contribution in [-0.2, 0) is 21.5 Å². The van der Waals surface area contributed by atoms with Crippen LogP contribution in [0.1, 0.15) is 45.2 Å². The summed E-state index contributed by atoms with van der Waals surface area (Å²) < 4.78 is 5.37. The van der Waals surface area contributed by atoms with Gasteiger partial charge >= 0.3 is 0 Å². The Morgan fingerprint density at radius 1 is 1.23 bits per heavy atom. The molecule has 30 heavy (non-hydrogen) atoms. The minimum absolute atomic E-state index is 0.0298. The van der Waals surface area contributed by atoms with Crippen LogP contribution in [0.3, 0.4) is 0 Å². The fourth-order valence-electron chi connectivity index (χ4n) is 3.61. The number of rotatable bonds is 6. The molecule has 1 aliphatic heterocycles. The molecule has 0 fully saturated rings. The van der Waals surface area contributed by atoms with Gasteiger partial charge in [-0.05, 0) is 35.6 Å². The summed E-state index contributed by atoms with van der Waals surface area (Å²) >= 11 is 1.54. The van der Waals surface area contributed by atoms with Gasteiger partial charge in [-0.25, -0.2) is 0 Å². The quantitative estimate of drug-likeness (QED) is 0.737. The molecular weight excluding hydrogens is 396 g/mol. The Balaban J connectivity index is 1.87. The van der Waals surface area contributed by atoms with Crippen molar-refractivity contribution in [1.29, 1.82) is 0 Å². The van der Waals surface area contributed by atoms with Crippen LogP contribution < -0.4 is 15.0 Å². The molecule has 2 aromatic rings. The molecule has 0 aliphatic carbocycles. The molecule has 6 heteroatoms. The van der Waals surface area contributed by atoms with Gasteiger partial charge in [0.1, 0.15) is 11.8 Å². The lowest BCUT2D eigenvalue weighted by molar-refractivity contribution is -0.126. The summed E-state index contributed by atoms with van der Waals surface area (Å²) in [6, 6.07) is 13.3. The highest BCUT2D eigenvalue weighted by Gasteiger charge is 2.34. The summed E-state index contributed by atoms with van der Waals surface area (Å²) in [4.78, 5) is 28.8. The van der Waals surface area contributed by atoms with Crippen LogP contribution in [0.4, 0.5) is 5.69 Å². The SMILES string of the molecule is CCC(C(=O)NCc1ccccc1OC)N1C(=O)CSc2ccc(C(C)(C)C)cc21. The Labute approximate surface area is 183 Å². The number of carbonyl (C=O) groups excluding carboxylic acids is 2. The van der Waals surface area contributed by atoms with E-state index in [2.05, 4.69) is 44.3 Å². The van der Waals surface area contributed by atoms with Crippen LogP contribution in [0.5, 0.6) is 5.75 Å². The highest BCUT2D eigenvalue weighted by Crippen LogP contribution is 2.39. The van der Waals surface area contributed by atoms with Crippen molar-refractivity contribution in [2.75, 3.05) is 17.8 Å². The minimum Gasteiger partial charge on any atom is -0.496 e. The monoisotopic (exact) mass is 426 g/mol. The topological polar surface area (TPSA) is 58.6 Å². The van der Waals surface area contributed by atoms with Crippen molar-refractivity contribution in [3.05, 3.63) is 53.6 Å². The predicted molar refractivity (Wildman–Crippen MR) is 122 cm³/mol. The van der Waals surface area contributed by atoms with E-state index in [9.17, 15) is 9.59 Å². The molecule has 0 spiro atoms. The zero-order valence-electron chi connectivity index (χ0n) is 18.3. The van der Waals surface area contributed by atoms with Crippen LogP contribution in [0.15, 0.2) is 47.4 Å². The molecule has 0 saturated carbocycles. The number of para-hydroxylation sites is 1. The molecule has 1 N–H and O–H groups in total. The van der Waals surface area contributed by atoms with Gasteiger partial charge in [-0.3, -0.25) is 14.5 Å². The smallest absolute Gasteiger partial charge is 0.243 e. The van der Waals surface area contributed by atoms with E-state index in [0.717, 1.165) is 27.5 Å². The van der Waals surface area contributed by atoms with Crippen molar-refractivity contribution in [2.45, 2.75) is 57.0 Å². The zero-order valence-corrected chi connectivity index (χ0v) is 19.1. The van der Waals surface area contributed by atoms with Gasteiger partial charge in [0, 0.05) is 17.0 Å². The maximum atomic E-state index is 13.1. The standard InChI is InChI=1S/C24H30N2O3S/c1-6-18(23(28)25-14-16-9-7-8-10-20(16)29-5)26-19-13-17(24(2,3)4)11-12-21(19)30-15-22(26)27/h7-13,18H,6,14-15H2,1-5H3,(H,25,28). The molecule has 1 aliphatic rings. The summed E-state index contributed by atoms with van der Waals surface area (Å²) in [5.74, 6) is 0.892. The van der Waals surface area contributed by atoms with Crippen LogP contribution in [-0.4, -0.2) is 30.7 Å². The maximum Gasteiger partial charge on any atom is 0.243 e. The third-order valence-electron chi connectivity index (χ3n) is 5.35. The molecule has 5 nitrogen and oxygen atoms in total. The number of amides is 2. The Bertz CT molecular complexity index is 936. The van der Waals surface area contributed by atoms with E-state index in [1.165, 1.54) is 11.8 Å². The van der Waals surface area contributed by atoms with E-state index in [4.69, 9.17) is 4.74 Å². The average molecular weight is 427 g/mol. The summed E-state index contributed by atoms with van der Waals surface area (Å²) in [5, 5.41) is 3.00. The van der Waals surface area contributed by atoms with Gasteiger partial charge in [0.2, 0.25) is 11.8 Å². The largest absolute Gasteiger partial charge is 0.496 e. The van der Waals surface area contributed by atoms with E-state index in [1.54, 1.807) is 12.0 Å². The van der Waals surface area contributed by atoms with Crippen molar-refractivity contribution in [3.63, 3.8) is 0 Å². The molecule has 0 bridgehead atoms. The zero-order chi connectivity index (χ0) is 21.9. The highest BCUT2D eigenvalue weighted by atomic mass is 32.2. The first-order valence-corrected chi connectivity index (χ1v) is 11.2. The van der Waals surface area contributed by atoms with Gasteiger partial charge in [-0.2, -0.15) is 0 Å². The van der Waals surface area contributed by atoms with Crippen LogP contribution >= 0.6 is 11.8 Å². The molecule has 2 amide bonds. The Hall–Kier alpha value is -2.47. The Kier molecular flexibility index (Phi) is 6.76. The number of nitrogens with one attached hydrogen (secondary N) is 1. The average Bonchev–Trinajstić information content (AvgIpc) is 2.73. The molecule has 1 unspecified atom stereocenters. The van der Waals surface area contributed by atoms with E-state index in [-0.39, 0.29) is 17.2 Å². The number of ether oxygens (including phenoxy) is 1. The molecule has 1 atom stereocenters. The number of carbonyl (C=O) groups is 2. The molecule has 0 saturated heterocycles. The number of hydrogen-bond acceptors (Lipinski definition) is 4. The van der Waals surface area contributed by atoms with Gasteiger partial charge in [0.15, 0.2) is 0 Å². The van der Waals surface area contributed by atoms with Crippen LogP contribution in [0, 0.1) is 0 Å². The summed E-state index contributed by atoms with van der Waals surface area (Å²) in [7, 11) is 1.61. The van der Waals surface area contributed by atoms with Crippen molar-refractivity contribution in [2.24, 2.45) is 0 Å². The van der Waals surface area contributed by atoms with E-state index in [0.29, 0.717) is 18.7 Å². The normalized spacial score (nSPS) is 14.8. The Morgan fingerprint density at radius 3 is 2.63 bits per heavy atom. The third-order valence-corrected chi connectivity index (χ3v) is 6.40. The van der Waals surface area contributed by atoms with E-state index < -0.39 is 6.04 Å². The second-order valence-corrected chi connectivity index (χ2v) is 9.46. The summed E-state index contributed by atoms with van der Waals surface area (Å²) in [5.41, 5.74) is 2.84. The molecule has 0 radical (unpaired) electrons. The third kappa shape index (κ3) is 4.64. The van der Waals surface area contributed by atoms with Crippen LogP contribution in [0.2, 0.25) is 0 Å². The first kappa shape index (κ1) is 22.2. The predicted octanol–water partition coefficient (Wildman–Crippen LogP) is 4.53. The number of fused-ring (bicyclic) bond motifs is 1. The van der Waals surface area contributed by atoms with Crippen molar-refractivity contribution < 1.29 is 14.3 Å². The lowest BCUT2D eigenvalue weighted by Gasteiger charge is -2.35. The number of benzene rings is 2. The first-order chi connectivity index (χ1) is 14.3. The maximum absolute atomic E-state index is 13.1. The fourth-order valence-corrected chi connectivity index (χ4v) is 4.50. The number of nitrogens with zero attached hydrogens (tertiary/aromatic N) is 1. The molecule has 0 aromatic heterocycles.